The number of aryl methyl sites for hydroxylation is 1. The minimum absolute atomic E-state index is 0.0894. The van der Waals surface area contributed by atoms with Gasteiger partial charge in [0.1, 0.15) is 11.6 Å². The van der Waals surface area contributed by atoms with Crippen LogP contribution in [0.4, 0.5) is 8.78 Å². The number of nitrogens with one attached hydrogen (secondary N) is 1. The van der Waals surface area contributed by atoms with Gasteiger partial charge in [-0.25, -0.2) is 8.78 Å². The molecule has 1 atom stereocenters. The molecule has 1 aromatic carbocycles. The number of rotatable bonds is 5. The summed E-state index contributed by atoms with van der Waals surface area (Å²) in [7, 11) is 1.87. The molecule has 1 nitrogen and oxygen atoms in total. The summed E-state index contributed by atoms with van der Waals surface area (Å²) < 4.78 is 26.4. The summed E-state index contributed by atoms with van der Waals surface area (Å²) in [6.07, 6.45) is 1.59. The van der Waals surface area contributed by atoms with Crippen LogP contribution in [-0.2, 0) is 12.8 Å². The molecule has 4 heteroatoms. The van der Waals surface area contributed by atoms with Crippen LogP contribution in [0, 0.1) is 11.6 Å². The molecule has 0 fully saturated rings. The van der Waals surface area contributed by atoms with Crippen LogP contribution in [-0.4, -0.2) is 7.05 Å². The fourth-order valence-corrected chi connectivity index (χ4v) is 3.14. The zero-order valence-electron chi connectivity index (χ0n) is 11.0. The second kappa shape index (κ2) is 6.26. The summed E-state index contributed by atoms with van der Waals surface area (Å²) in [6, 6.07) is 7.96. The molecule has 2 aromatic rings. The summed E-state index contributed by atoms with van der Waals surface area (Å²) in [4.78, 5) is 2.52. The standard InChI is InChI=1S/C15H17F2NS/c1-3-13-4-5-15(19-13)14(18-2)8-10-6-11(16)9-12(17)7-10/h4-7,9,14,18H,3,8H2,1-2H3. The van der Waals surface area contributed by atoms with E-state index < -0.39 is 11.6 Å². The third-order valence-corrected chi connectivity index (χ3v) is 4.43. The Bertz CT molecular complexity index is 531. The number of benzene rings is 1. The first-order valence-electron chi connectivity index (χ1n) is 6.33. The monoisotopic (exact) mass is 281 g/mol. The molecule has 1 heterocycles. The van der Waals surface area contributed by atoms with Crippen molar-refractivity contribution in [2.75, 3.05) is 7.05 Å². The molecular weight excluding hydrogens is 264 g/mol. The second-order valence-electron chi connectivity index (χ2n) is 4.48. The minimum Gasteiger partial charge on any atom is -0.312 e. The van der Waals surface area contributed by atoms with E-state index in [0.717, 1.165) is 12.5 Å². The molecular formula is C15H17F2NS. The molecule has 1 N–H and O–H groups in total. The van der Waals surface area contributed by atoms with Crippen LogP contribution >= 0.6 is 11.3 Å². The highest BCUT2D eigenvalue weighted by Gasteiger charge is 2.13. The highest BCUT2D eigenvalue weighted by molar-refractivity contribution is 7.12. The maximum atomic E-state index is 13.2. The zero-order valence-corrected chi connectivity index (χ0v) is 11.9. The van der Waals surface area contributed by atoms with Crippen molar-refractivity contribution in [3.05, 3.63) is 57.3 Å². The molecule has 0 aliphatic rings. The number of halogens is 2. The zero-order chi connectivity index (χ0) is 13.8. The molecule has 2 rings (SSSR count). The van der Waals surface area contributed by atoms with Crippen LogP contribution < -0.4 is 5.32 Å². The Balaban J connectivity index is 2.18. The van der Waals surface area contributed by atoms with E-state index in [9.17, 15) is 8.78 Å². The van der Waals surface area contributed by atoms with E-state index in [0.29, 0.717) is 12.0 Å². The smallest absolute Gasteiger partial charge is 0.126 e. The van der Waals surface area contributed by atoms with Crippen molar-refractivity contribution >= 4 is 11.3 Å². The summed E-state index contributed by atoms with van der Waals surface area (Å²) in [5, 5.41) is 3.21. The fourth-order valence-electron chi connectivity index (χ4n) is 2.08. The Kier molecular flexibility index (Phi) is 4.66. The van der Waals surface area contributed by atoms with Gasteiger partial charge >= 0.3 is 0 Å². The number of hydrogen-bond acceptors (Lipinski definition) is 2. The van der Waals surface area contributed by atoms with Crippen LogP contribution in [0.25, 0.3) is 0 Å². The highest BCUT2D eigenvalue weighted by Crippen LogP contribution is 2.26. The van der Waals surface area contributed by atoms with Gasteiger partial charge in [-0.15, -0.1) is 11.3 Å². The van der Waals surface area contributed by atoms with Crippen LogP contribution in [0.1, 0.15) is 28.3 Å². The van der Waals surface area contributed by atoms with Gasteiger partial charge in [-0.05, 0) is 49.7 Å². The molecule has 0 saturated heterocycles. The van der Waals surface area contributed by atoms with E-state index in [1.54, 1.807) is 11.3 Å². The highest BCUT2D eigenvalue weighted by atomic mass is 32.1. The van der Waals surface area contributed by atoms with Gasteiger partial charge < -0.3 is 5.32 Å². The van der Waals surface area contributed by atoms with E-state index in [-0.39, 0.29) is 6.04 Å². The molecule has 19 heavy (non-hydrogen) atoms. The normalized spacial score (nSPS) is 12.6. The van der Waals surface area contributed by atoms with Crippen molar-refractivity contribution in [1.29, 1.82) is 0 Å². The summed E-state index contributed by atoms with van der Waals surface area (Å²) in [6.45, 7) is 2.12. The topological polar surface area (TPSA) is 12.0 Å². The summed E-state index contributed by atoms with van der Waals surface area (Å²) in [5.41, 5.74) is 0.670. The summed E-state index contributed by atoms with van der Waals surface area (Å²) in [5.74, 6) is -1.05. The molecule has 0 bridgehead atoms. The Morgan fingerprint density at radius 1 is 1.16 bits per heavy atom. The Labute approximate surface area is 116 Å². The molecule has 102 valence electrons. The summed E-state index contributed by atoms with van der Waals surface area (Å²) >= 11 is 1.74. The predicted molar refractivity (Wildman–Crippen MR) is 75.6 cm³/mol. The van der Waals surface area contributed by atoms with Crippen molar-refractivity contribution in [1.82, 2.24) is 5.32 Å². The molecule has 0 aliphatic heterocycles. The van der Waals surface area contributed by atoms with E-state index >= 15 is 0 Å². The lowest BCUT2D eigenvalue weighted by atomic mass is 10.0. The molecule has 0 radical (unpaired) electrons. The number of hydrogen-bond donors (Lipinski definition) is 1. The van der Waals surface area contributed by atoms with Gasteiger partial charge in [0.15, 0.2) is 0 Å². The fraction of sp³-hybridized carbons (Fsp3) is 0.333. The van der Waals surface area contributed by atoms with Crippen molar-refractivity contribution in [3.63, 3.8) is 0 Å². The third kappa shape index (κ3) is 3.61. The molecule has 0 saturated carbocycles. The number of likely N-dealkylation sites (N-methyl/N-ethyl adjacent to an activating group) is 1. The molecule has 0 amide bonds. The van der Waals surface area contributed by atoms with Gasteiger partial charge in [0.25, 0.3) is 0 Å². The van der Waals surface area contributed by atoms with Crippen LogP contribution in [0.5, 0.6) is 0 Å². The van der Waals surface area contributed by atoms with Crippen LogP contribution in [0.3, 0.4) is 0 Å². The molecule has 1 aromatic heterocycles. The van der Waals surface area contributed by atoms with Crippen molar-refractivity contribution < 1.29 is 8.78 Å². The van der Waals surface area contributed by atoms with Gasteiger partial charge in [-0.3, -0.25) is 0 Å². The lowest BCUT2D eigenvalue weighted by molar-refractivity contribution is 0.565. The van der Waals surface area contributed by atoms with Gasteiger partial charge in [-0.2, -0.15) is 0 Å². The first kappa shape index (κ1) is 14.2. The van der Waals surface area contributed by atoms with E-state index in [1.807, 2.05) is 7.05 Å². The molecule has 1 unspecified atom stereocenters. The van der Waals surface area contributed by atoms with Gasteiger partial charge in [0.05, 0.1) is 0 Å². The quantitative estimate of drug-likeness (QED) is 0.870. The predicted octanol–water partition coefficient (Wildman–Crippen LogP) is 4.09. The largest absolute Gasteiger partial charge is 0.312 e. The maximum Gasteiger partial charge on any atom is 0.126 e. The van der Waals surface area contributed by atoms with Gasteiger partial charge in [0, 0.05) is 21.9 Å². The van der Waals surface area contributed by atoms with E-state index in [2.05, 4.69) is 24.4 Å². The Morgan fingerprint density at radius 3 is 2.37 bits per heavy atom. The van der Waals surface area contributed by atoms with Crippen molar-refractivity contribution in [3.8, 4) is 0 Å². The Morgan fingerprint density at radius 2 is 1.84 bits per heavy atom. The van der Waals surface area contributed by atoms with Crippen LogP contribution in [0.2, 0.25) is 0 Å². The first-order chi connectivity index (χ1) is 9.12. The maximum absolute atomic E-state index is 13.2. The van der Waals surface area contributed by atoms with Crippen LogP contribution in [0.15, 0.2) is 30.3 Å². The van der Waals surface area contributed by atoms with Gasteiger partial charge in [-0.1, -0.05) is 6.92 Å². The van der Waals surface area contributed by atoms with E-state index in [4.69, 9.17) is 0 Å². The average Bonchev–Trinajstić information content (AvgIpc) is 2.83. The lowest BCUT2D eigenvalue weighted by Crippen LogP contribution is -2.17. The van der Waals surface area contributed by atoms with Crippen molar-refractivity contribution in [2.45, 2.75) is 25.8 Å². The second-order valence-corrected chi connectivity index (χ2v) is 5.68. The SMILES string of the molecule is CCc1ccc(C(Cc2cc(F)cc(F)c2)NC)s1. The number of thiophene rings is 1. The Hall–Kier alpha value is -1.26. The van der Waals surface area contributed by atoms with E-state index in [1.165, 1.54) is 21.9 Å². The first-order valence-corrected chi connectivity index (χ1v) is 7.15. The van der Waals surface area contributed by atoms with Crippen molar-refractivity contribution in [2.24, 2.45) is 0 Å². The molecule has 0 aliphatic carbocycles. The molecule has 0 spiro atoms. The third-order valence-electron chi connectivity index (χ3n) is 3.08. The minimum atomic E-state index is -0.523. The lowest BCUT2D eigenvalue weighted by Gasteiger charge is -2.14. The average molecular weight is 281 g/mol. The van der Waals surface area contributed by atoms with Gasteiger partial charge in [0.2, 0.25) is 0 Å².